The fourth-order valence-corrected chi connectivity index (χ4v) is 3.23. The summed E-state index contributed by atoms with van der Waals surface area (Å²) in [4.78, 5) is 0. The van der Waals surface area contributed by atoms with Crippen LogP contribution in [0.4, 0.5) is 4.39 Å². The predicted octanol–water partition coefficient (Wildman–Crippen LogP) is 3.74. The summed E-state index contributed by atoms with van der Waals surface area (Å²) < 4.78 is 19.1. The lowest BCUT2D eigenvalue weighted by Gasteiger charge is -2.24. The number of benzene rings is 2. The molecule has 1 atom stereocenters. The number of aliphatic hydroxyl groups is 1. The van der Waals surface area contributed by atoms with Gasteiger partial charge in [0, 0.05) is 24.6 Å². The second kappa shape index (κ2) is 7.32. The van der Waals surface area contributed by atoms with Gasteiger partial charge in [-0.1, -0.05) is 32.0 Å². The molecule has 0 saturated carbocycles. The molecular weight excluding hydrogens is 305 g/mol. The van der Waals surface area contributed by atoms with E-state index in [1.54, 1.807) is 12.1 Å². The molecule has 0 bridgehead atoms. The number of fused-ring (bicyclic) bond motifs is 1. The first kappa shape index (κ1) is 16.9. The first-order valence-corrected chi connectivity index (χ1v) is 8.45. The van der Waals surface area contributed by atoms with Crippen LogP contribution in [0.1, 0.15) is 42.1 Å². The highest BCUT2D eigenvalue weighted by atomic mass is 19.1. The molecule has 3 nitrogen and oxygen atoms in total. The molecule has 1 aliphatic rings. The summed E-state index contributed by atoms with van der Waals surface area (Å²) in [5, 5.41) is 12.8. The van der Waals surface area contributed by atoms with E-state index in [0.717, 1.165) is 24.3 Å². The van der Waals surface area contributed by atoms with Crippen LogP contribution < -0.4 is 10.1 Å². The molecule has 0 spiro atoms. The number of aliphatic hydroxyl groups excluding tert-OH is 1. The minimum Gasteiger partial charge on any atom is -0.493 e. The molecule has 24 heavy (non-hydrogen) atoms. The fourth-order valence-electron chi connectivity index (χ4n) is 3.23. The van der Waals surface area contributed by atoms with E-state index in [0.29, 0.717) is 18.0 Å². The summed E-state index contributed by atoms with van der Waals surface area (Å²) in [5.41, 5.74) is 3.82. The van der Waals surface area contributed by atoms with Crippen molar-refractivity contribution in [3.63, 3.8) is 0 Å². The molecule has 3 rings (SSSR count). The third kappa shape index (κ3) is 3.60. The van der Waals surface area contributed by atoms with E-state index in [-0.39, 0.29) is 18.5 Å². The Balaban J connectivity index is 1.75. The zero-order valence-electron chi connectivity index (χ0n) is 14.2. The number of halogens is 1. The molecule has 4 heteroatoms. The number of hydrogen-bond acceptors (Lipinski definition) is 3. The lowest BCUT2D eigenvalue weighted by atomic mass is 9.94. The zero-order valence-corrected chi connectivity index (χ0v) is 14.2. The molecule has 2 N–H and O–H groups in total. The molecule has 0 amide bonds. The summed E-state index contributed by atoms with van der Waals surface area (Å²) in [6, 6.07) is 11.5. The maximum atomic E-state index is 13.5. The molecule has 1 aliphatic heterocycles. The average Bonchev–Trinajstić information content (AvgIpc) is 3.04. The average molecular weight is 329 g/mol. The van der Waals surface area contributed by atoms with Crippen LogP contribution in [0.5, 0.6) is 5.75 Å². The Morgan fingerprint density at radius 3 is 2.79 bits per heavy atom. The van der Waals surface area contributed by atoms with Gasteiger partial charge in [0.25, 0.3) is 0 Å². The number of ether oxygens (including phenoxy) is 1. The molecular formula is C20H24FNO2. The van der Waals surface area contributed by atoms with Crippen LogP contribution in [0, 0.1) is 11.7 Å². The van der Waals surface area contributed by atoms with Gasteiger partial charge in [0.15, 0.2) is 0 Å². The second-order valence-electron chi connectivity index (χ2n) is 6.65. The van der Waals surface area contributed by atoms with E-state index in [1.165, 1.54) is 17.2 Å². The van der Waals surface area contributed by atoms with Gasteiger partial charge < -0.3 is 15.2 Å². The van der Waals surface area contributed by atoms with Gasteiger partial charge in [-0.2, -0.15) is 0 Å². The summed E-state index contributed by atoms with van der Waals surface area (Å²) in [6.45, 7) is 5.48. The molecule has 0 radical (unpaired) electrons. The Hall–Kier alpha value is -1.91. The van der Waals surface area contributed by atoms with Crippen LogP contribution in [0.25, 0.3) is 0 Å². The van der Waals surface area contributed by atoms with Crippen molar-refractivity contribution in [2.24, 2.45) is 5.92 Å². The smallest absolute Gasteiger partial charge is 0.128 e. The lowest BCUT2D eigenvalue weighted by molar-refractivity contribution is 0.275. The summed E-state index contributed by atoms with van der Waals surface area (Å²) in [6.07, 6.45) is 0.964. The van der Waals surface area contributed by atoms with Crippen molar-refractivity contribution in [2.75, 3.05) is 6.61 Å². The zero-order chi connectivity index (χ0) is 17.1. The first-order valence-electron chi connectivity index (χ1n) is 8.45. The molecule has 2 aromatic carbocycles. The van der Waals surface area contributed by atoms with Gasteiger partial charge in [-0.05, 0) is 40.8 Å². The number of hydrogen-bond donors (Lipinski definition) is 2. The van der Waals surface area contributed by atoms with Crippen LogP contribution in [0.2, 0.25) is 0 Å². The van der Waals surface area contributed by atoms with Crippen molar-refractivity contribution < 1.29 is 14.2 Å². The fraction of sp³-hybridized carbons (Fsp3) is 0.400. The maximum Gasteiger partial charge on any atom is 0.128 e. The van der Waals surface area contributed by atoms with E-state index < -0.39 is 0 Å². The minimum absolute atomic E-state index is 0.207. The summed E-state index contributed by atoms with van der Waals surface area (Å²) >= 11 is 0. The van der Waals surface area contributed by atoms with Crippen LogP contribution in [-0.4, -0.2) is 11.7 Å². The Morgan fingerprint density at radius 2 is 2.04 bits per heavy atom. The monoisotopic (exact) mass is 329 g/mol. The van der Waals surface area contributed by atoms with Gasteiger partial charge in [-0.15, -0.1) is 0 Å². The third-order valence-corrected chi connectivity index (χ3v) is 4.55. The van der Waals surface area contributed by atoms with Crippen LogP contribution in [0.15, 0.2) is 36.4 Å². The van der Waals surface area contributed by atoms with Crippen LogP contribution >= 0.6 is 0 Å². The molecule has 1 heterocycles. The summed E-state index contributed by atoms with van der Waals surface area (Å²) in [5.74, 6) is 1.05. The summed E-state index contributed by atoms with van der Waals surface area (Å²) in [7, 11) is 0. The Bertz CT molecular complexity index is 715. The number of nitrogens with one attached hydrogen (secondary N) is 1. The quantitative estimate of drug-likeness (QED) is 0.848. The van der Waals surface area contributed by atoms with Crippen molar-refractivity contribution in [2.45, 2.75) is 39.5 Å². The molecule has 0 aromatic heterocycles. The highest BCUT2D eigenvalue weighted by Gasteiger charge is 2.19. The van der Waals surface area contributed by atoms with Crippen LogP contribution in [0.3, 0.4) is 0 Å². The normalized spacial score (nSPS) is 14.5. The number of rotatable bonds is 6. The predicted molar refractivity (Wildman–Crippen MR) is 92.4 cm³/mol. The van der Waals surface area contributed by atoms with E-state index in [1.807, 2.05) is 0 Å². The van der Waals surface area contributed by atoms with Crippen molar-refractivity contribution in [3.8, 4) is 5.75 Å². The van der Waals surface area contributed by atoms with Gasteiger partial charge in [0.2, 0.25) is 0 Å². The van der Waals surface area contributed by atoms with Crippen molar-refractivity contribution in [1.29, 1.82) is 0 Å². The molecule has 0 fully saturated rings. The highest BCUT2D eigenvalue weighted by molar-refractivity contribution is 5.41. The molecule has 128 valence electrons. The van der Waals surface area contributed by atoms with E-state index in [2.05, 4.69) is 37.4 Å². The second-order valence-corrected chi connectivity index (χ2v) is 6.65. The molecule has 0 aliphatic carbocycles. The molecule has 2 aromatic rings. The maximum absolute atomic E-state index is 13.5. The Morgan fingerprint density at radius 1 is 1.21 bits per heavy atom. The van der Waals surface area contributed by atoms with Crippen molar-refractivity contribution >= 4 is 0 Å². The molecule has 1 unspecified atom stereocenters. The first-order chi connectivity index (χ1) is 11.6. The van der Waals surface area contributed by atoms with E-state index in [4.69, 9.17) is 4.74 Å². The largest absolute Gasteiger partial charge is 0.493 e. The standard InChI is InChI=1S/C20H24FNO2/c1-13(2)20(16-4-6-19-15(10-16)7-8-24-19)22-11-14-3-5-18(21)17(9-14)12-23/h3-6,9-10,13,20,22-23H,7-8,11-12H2,1-2H3. The van der Waals surface area contributed by atoms with Gasteiger partial charge >= 0.3 is 0 Å². The third-order valence-electron chi connectivity index (χ3n) is 4.55. The topological polar surface area (TPSA) is 41.5 Å². The van der Waals surface area contributed by atoms with E-state index >= 15 is 0 Å². The van der Waals surface area contributed by atoms with Gasteiger partial charge in [-0.25, -0.2) is 4.39 Å². The lowest BCUT2D eigenvalue weighted by Crippen LogP contribution is -2.25. The van der Waals surface area contributed by atoms with Crippen molar-refractivity contribution in [3.05, 3.63) is 64.5 Å². The van der Waals surface area contributed by atoms with Gasteiger partial charge in [0.05, 0.1) is 13.2 Å². The van der Waals surface area contributed by atoms with Crippen LogP contribution in [-0.2, 0) is 19.6 Å². The van der Waals surface area contributed by atoms with Gasteiger partial charge in [0.1, 0.15) is 11.6 Å². The van der Waals surface area contributed by atoms with Crippen molar-refractivity contribution in [1.82, 2.24) is 5.32 Å². The minimum atomic E-state index is -0.361. The highest BCUT2D eigenvalue weighted by Crippen LogP contribution is 2.30. The SMILES string of the molecule is CC(C)C(NCc1ccc(F)c(CO)c1)c1ccc2c(c1)CCO2. The van der Waals surface area contributed by atoms with E-state index in [9.17, 15) is 9.50 Å². The Kier molecular flexibility index (Phi) is 5.17. The Labute approximate surface area is 142 Å². The van der Waals surface area contributed by atoms with Gasteiger partial charge in [-0.3, -0.25) is 0 Å². The molecule has 0 saturated heterocycles.